The smallest absolute Gasteiger partial charge is 0.408 e. The van der Waals surface area contributed by atoms with E-state index in [9.17, 15) is 28.8 Å². The molecule has 4 amide bonds. The molecule has 0 aliphatic rings. The first kappa shape index (κ1) is 35.4. The van der Waals surface area contributed by atoms with Crippen molar-refractivity contribution in [1.29, 1.82) is 0 Å². The molecule has 0 heterocycles. The number of nitrogens with one attached hydrogen (secondary N) is 4. The Bertz CT molecular complexity index is 894. The van der Waals surface area contributed by atoms with Crippen LogP contribution in [0.3, 0.4) is 0 Å². The Balaban J connectivity index is 4.55. The third kappa shape index (κ3) is 16.1. The van der Waals surface area contributed by atoms with Gasteiger partial charge in [-0.05, 0) is 76.2 Å². The molecule has 0 aromatic carbocycles. The summed E-state index contributed by atoms with van der Waals surface area (Å²) in [6, 6.07) is -4.07. The number of rotatable bonds is 11. The van der Waals surface area contributed by atoms with Gasteiger partial charge in [0.2, 0.25) is 11.8 Å². The Hall–Kier alpha value is -3.58. The predicted octanol–water partition coefficient (Wildman–Crippen LogP) is 1.30. The van der Waals surface area contributed by atoms with E-state index >= 15 is 0 Å². The minimum absolute atomic E-state index is 0.312. The highest BCUT2D eigenvalue weighted by atomic mass is 16.6. The molecule has 0 saturated heterocycles. The fraction of sp³-hybridized carbons (Fsp3) is 0.760. The minimum atomic E-state index is -1.06. The maximum absolute atomic E-state index is 12.3. The number of esters is 2. The number of hydrogen-bond acceptors (Lipinski definition) is 10. The molecule has 0 aliphatic carbocycles. The van der Waals surface area contributed by atoms with Crippen LogP contribution in [-0.4, -0.2) is 84.0 Å². The van der Waals surface area contributed by atoms with Crippen LogP contribution in [0, 0.1) is 0 Å². The third-order valence-corrected chi connectivity index (χ3v) is 4.46. The number of carbonyl (C=O) groups excluding carboxylic acids is 6. The number of ether oxygens (including phenoxy) is 4. The molecule has 0 spiro atoms. The van der Waals surface area contributed by atoms with Crippen molar-refractivity contribution >= 4 is 35.9 Å². The Labute approximate surface area is 229 Å². The minimum Gasteiger partial charge on any atom is -0.460 e. The van der Waals surface area contributed by atoms with Gasteiger partial charge < -0.3 is 40.2 Å². The molecule has 0 aromatic rings. The monoisotopic (exact) mass is 560 g/mol. The van der Waals surface area contributed by atoms with Crippen LogP contribution >= 0.6 is 0 Å². The molecule has 0 unspecified atom stereocenters. The van der Waals surface area contributed by atoms with Gasteiger partial charge in [0.25, 0.3) is 0 Å². The van der Waals surface area contributed by atoms with Gasteiger partial charge in [-0.25, -0.2) is 19.2 Å². The molecule has 0 bridgehead atoms. The first-order chi connectivity index (χ1) is 17.6. The van der Waals surface area contributed by atoms with Crippen molar-refractivity contribution in [2.75, 3.05) is 6.61 Å². The van der Waals surface area contributed by atoms with Gasteiger partial charge in [-0.3, -0.25) is 9.59 Å². The van der Waals surface area contributed by atoms with Gasteiger partial charge >= 0.3 is 24.1 Å². The van der Waals surface area contributed by atoms with Crippen LogP contribution in [0.25, 0.3) is 0 Å². The Morgan fingerprint density at radius 3 is 1.28 bits per heavy atom. The molecule has 0 radical (unpaired) electrons. The van der Waals surface area contributed by atoms with E-state index in [2.05, 4.69) is 21.3 Å². The van der Waals surface area contributed by atoms with E-state index in [1.54, 1.807) is 41.5 Å². The van der Waals surface area contributed by atoms with Gasteiger partial charge in [0, 0.05) is 0 Å². The second-order valence-electron chi connectivity index (χ2n) is 11.1. The Morgan fingerprint density at radius 2 is 0.923 bits per heavy atom. The zero-order chi connectivity index (χ0) is 30.7. The molecule has 0 aromatic heterocycles. The maximum atomic E-state index is 12.3. The highest BCUT2D eigenvalue weighted by Gasteiger charge is 2.27. The van der Waals surface area contributed by atoms with Gasteiger partial charge in [-0.1, -0.05) is 0 Å². The number of carbonyl (C=O) groups is 6. The van der Waals surface area contributed by atoms with Crippen LogP contribution in [-0.2, 0) is 38.1 Å². The number of alkyl carbamates (subject to hydrolysis) is 2. The van der Waals surface area contributed by atoms with Gasteiger partial charge in [0.1, 0.15) is 48.1 Å². The molecule has 0 fully saturated rings. The highest BCUT2D eigenvalue weighted by molar-refractivity contribution is 5.90. The zero-order valence-electron chi connectivity index (χ0n) is 24.7. The maximum Gasteiger partial charge on any atom is 0.408 e. The second-order valence-corrected chi connectivity index (χ2v) is 11.1. The van der Waals surface area contributed by atoms with E-state index in [1.807, 2.05) is 0 Å². The molecule has 224 valence electrons. The molecule has 0 rings (SSSR count). The van der Waals surface area contributed by atoms with Crippen LogP contribution < -0.4 is 21.3 Å². The normalized spacial score (nSPS) is 15.3. The summed E-state index contributed by atoms with van der Waals surface area (Å²) in [5, 5.41) is 9.55. The summed E-state index contributed by atoms with van der Waals surface area (Å²) in [4.78, 5) is 72.7. The quantitative estimate of drug-likeness (QED) is 0.212. The van der Waals surface area contributed by atoms with Crippen molar-refractivity contribution in [2.45, 2.75) is 118 Å². The standard InChI is InChI=1S/C25H44N4O10/c1-13(37-21(33)17(5)27-19(31)15(3)29-23(35)39-25(9,10)11)12-36-20(32)16(4)26-18(30)14(2)28-22(34)38-24(6,7)8/h13-17H,12H2,1-11H3,(H,26,30)(H,27,31)(H,28,34)(H,29,35)/t13-,14-,15-,16-,17-/m0/s1. The molecule has 39 heavy (non-hydrogen) atoms. The average molecular weight is 561 g/mol. The van der Waals surface area contributed by atoms with E-state index in [-0.39, 0.29) is 6.61 Å². The van der Waals surface area contributed by atoms with Crippen LogP contribution in [0.15, 0.2) is 0 Å². The molecular weight excluding hydrogens is 516 g/mol. The number of amides is 4. The fourth-order valence-electron chi connectivity index (χ4n) is 2.55. The second kappa shape index (κ2) is 15.1. The van der Waals surface area contributed by atoms with Crippen molar-refractivity contribution in [1.82, 2.24) is 21.3 Å². The topological polar surface area (TPSA) is 187 Å². The molecular formula is C25H44N4O10. The van der Waals surface area contributed by atoms with Crippen molar-refractivity contribution in [2.24, 2.45) is 0 Å². The molecule has 5 atom stereocenters. The first-order valence-corrected chi connectivity index (χ1v) is 12.6. The summed E-state index contributed by atoms with van der Waals surface area (Å²) < 4.78 is 20.4. The summed E-state index contributed by atoms with van der Waals surface area (Å²) in [6.45, 7) is 16.9. The van der Waals surface area contributed by atoms with Crippen molar-refractivity contribution in [3.05, 3.63) is 0 Å². The Morgan fingerprint density at radius 1 is 0.564 bits per heavy atom. The van der Waals surface area contributed by atoms with E-state index in [4.69, 9.17) is 18.9 Å². The largest absolute Gasteiger partial charge is 0.460 e. The van der Waals surface area contributed by atoms with Gasteiger partial charge in [0.05, 0.1) is 0 Å². The third-order valence-electron chi connectivity index (χ3n) is 4.46. The van der Waals surface area contributed by atoms with Gasteiger partial charge in [0.15, 0.2) is 0 Å². The predicted molar refractivity (Wildman–Crippen MR) is 139 cm³/mol. The summed E-state index contributed by atoms with van der Waals surface area (Å²) in [7, 11) is 0. The summed E-state index contributed by atoms with van der Waals surface area (Å²) in [5.41, 5.74) is -1.48. The molecule has 4 N–H and O–H groups in total. The number of hydrogen-bond donors (Lipinski definition) is 4. The van der Waals surface area contributed by atoms with E-state index in [0.717, 1.165) is 0 Å². The van der Waals surface area contributed by atoms with Crippen LogP contribution in [0.1, 0.15) is 76.2 Å². The molecule has 14 heteroatoms. The van der Waals surface area contributed by atoms with E-state index < -0.39 is 77.4 Å². The molecule has 0 aliphatic heterocycles. The van der Waals surface area contributed by atoms with E-state index in [0.29, 0.717) is 0 Å². The molecule has 0 saturated carbocycles. The van der Waals surface area contributed by atoms with Gasteiger partial charge in [-0.15, -0.1) is 0 Å². The first-order valence-electron chi connectivity index (χ1n) is 12.6. The highest BCUT2D eigenvalue weighted by Crippen LogP contribution is 2.08. The summed E-state index contributed by atoms with van der Waals surface area (Å²) in [5.74, 6) is -2.85. The lowest BCUT2D eigenvalue weighted by atomic mass is 10.2. The van der Waals surface area contributed by atoms with Crippen molar-refractivity contribution in [3.8, 4) is 0 Å². The SMILES string of the molecule is C[C@H](NC(=O)OC(C)(C)C)C(=O)N[C@@H](C)C(=O)OC[C@H](C)OC(=O)[C@H](C)NC(=O)[C@H](C)NC(=O)OC(C)(C)C. The van der Waals surface area contributed by atoms with Crippen molar-refractivity contribution in [3.63, 3.8) is 0 Å². The van der Waals surface area contributed by atoms with Crippen molar-refractivity contribution < 1.29 is 47.7 Å². The van der Waals surface area contributed by atoms with Crippen LogP contribution in [0.5, 0.6) is 0 Å². The lowest BCUT2D eigenvalue weighted by Gasteiger charge is -2.23. The van der Waals surface area contributed by atoms with E-state index in [1.165, 1.54) is 34.6 Å². The zero-order valence-corrected chi connectivity index (χ0v) is 24.7. The summed E-state index contributed by atoms with van der Waals surface area (Å²) >= 11 is 0. The summed E-state index contributed by atoms with van der Waals surface area (Å²) in [6.07, 6.45) is -2.43. The lowest BCUT2D eigenvalue weighted by molar-refractivity contribution is -0.160. The van der Waals surface area contributed by atoms with Crippen LogP contribution in [0.2, 0.25) is 0 Å². The Kier molecular flexibility index (Phi) is 13.7. The van der Waals surface area contributed by atoms with Gasteiger partial charge in [-0.2, -0.15) is 0 Å². The fourth-order valence-corrected chi connectivity index (χ4v) is 2.55. The van der Waals surface area contributed by atoms with Crippen LogP contribution in [0.4, 0.5) is 9.59 Å². The average Bonchev–Trinajstić information content (AvgIpc) is 2.74. The lowest BCUT2D eigenvalue weighted by Crippen LogP contribution is -2.51. The molecule has 14 nitrogen and oxygen atoms in total.